The third-order valence-electron chi connectivity index (χ3n) is 1.59. The van der Waals surface area contributed by atoms with Crippen molar-refractivity contribution < 1.29 is 18.9 Å². The lowest BCUT2D eigenvalue weighted by molar-refractivity contribution is 0.0928. The summed E-state index contributed by atoms with van der Waals surface area (Å²) in [6.45, 7) is 5.73. The molecule has 0 amide bonds. The third kappa shape index (κ3) is 5.72. The van der Waals surface area contributed by atoms with Gasteiger partial charge in [-0.2, -0.15) is 0 Å². The van der Waals surface area contributed by atoms with E-state index in [0.29, 0.717) is 6.42 Å². The highest BCUT2D eigenvalue weighted by Crippen LogP contribution is 2.40. The largest absolute Gasteiger partial charge is 0.469 e. The monoisotopic (exact) mass is 196 g/mol. The average molecular weight is 196 g/mol. The zero-order chi connectivity index (χ0) is 9.78. The normalized spacial score (nSPS) is 15.2. The van der Waals surface area contributed by atoms with Crippen molar-refractivity contribution in [1.29, 1.82) is 0 Å². The summed E-state index contributed by atoms with van der Waals surface area (Å²) in [5.74, 6) is 0.137. The fraction of sp³-hybridized carbons (Fsp3) is 1.00. The predicted octanol–water partition coefficient (Wildman–Crippen LogP) is 1.92. The van der Waals surface area contributed by atoms with Crippen LogP contribution in [0.15, 0.2) is 0 Å². The molecule has 0 rings (SSSR count). The van der Waals surface area contributed by atoms with Crippen molar-refractivity contribution in [3.8, 4) is 0 Å². The van der Waals surface area contributed by atoms with Crippen LogP contribution in [0.1, 0.15) is 33.6 Å². The van der Waals surface area contributed by atoms with Gasteiger partial charge < -0.3 is 9.79 Å². The number of phosphoric ester groups is 1. The Kier molecular flexibility index (Phi) is 5.02. The topological polar surface area (TPSA) is 66.8 Å². The van der Waals surface area contributed by atoms with Crippen LogP contribution in [-0.2, 0) is 9.09 Å². The van der Waals surface area contributed by atoms with Gasteiger partial charge in [-0.25, -0.2) is 4.57 Å². The van der Waals surface area contributed by atoms with Crippen LogP contribution in [0, 0.1) is 5.92 Å². The second-order valence-corrected chi connectivity index (χ2v) is 4.36. The Labute approximate surface area is 73.2 Å². The van der Waals surface area contributed by atoms with Crippen LogP contribution in [0.2, 0.25) is 0 Å². The van der Waals surface area contributed by atoms with Crippen molar-refractivity contribution >= 4 is 7.82 Å². The average Bonchev–Trinajstić information content (AvgIpc) is 1.83. The first-order chi connectivity index (χ1) is 5.37. The zero-order valence-electron chi connectivity index (χ0n) is 7.73. The Balaban J connectivity index is 4.05. The second kappa shape index (κ2) is 4.97. The minimum Gasteiger partial charge on any atom is -0.303 e. The van der Waals surface area contributed by atoms with Crippen molar-refractivity contribution in [2.45, 2.75) is 39.7 Å². The summed E-state index contributed by atoms with van der Waals surface area (Å²) in [5, 5.41) is 0. The number of hydrogen-bond donors (Lipinski definition) is 2. The maximum atomic E-state index is 10.5. The molecule has 0 radical (unpaired) electrons. The first kappa shape index (κ1) is 12.1. The van der Waals surface area contributed by atoms with Gasteiger partial charge in [0.25, 0.3) is 0 Å². The smallest absolute Gasteiger partial charge is 0.303 e. The molecule has 0 aliphatic carbocycles. The summed E-state index contributed by atoms with van der Waals surface area (Å²) in [4.78, 5) is 17.1. The molecule has 1 unspecified atom stereocenters. The molecule has 0 saturated heterocycles. The molecule has 0 spiro atoms. The van der Waals surface area contributed by atoms with Gasteiger partial charge >= 0.3 is 7.82 Å². The third-order valence-corrected chi connectivity index (χ3v) is 2.13. The van der Waals surface area contributed by atoms with Crippen molar-refractivity contribution in [1.82, 2.24) is 0 Å². The molecule has 0 heterocycles. The Morgan fingerprint density at radius 3 is 2.17 bits per heavy atom. The molecule has 0 aromatic heterocycles. The molecule has 0 saturated carbocycles. The molecule has 1 atom stereocenters. The molecule has 0 aliphatic heterocycles. The summed E-state index contributed by atoms with van der Waals surface area (Å²) < 4.78 is 15.1. The van der Waals surface area contributed by atoms with E-state index in [1.165, 1.54) is 0 Å². The van der Waals surface area contributed by atoms with Gasteiger partial charge in [-0.1, -0.05) is 27.2 Å². The van der Waals surface area contributed by atoms with E-state index < -0.39 is 7.82 Å². The highest BCUT2D eigenvalue weighted by molar-refractivity contribution is 7.46. The van der Waals surface area contributed by atoms with Gasteiger partial charge in [-0.05, 0) is 12.3 Å². The van der Waals surface area contributed by atoms with E-state index in [-0.39, 0.29) is 12.0 Å². The summed E-state index contributed by atoms with van der Waals surface area (Å²) in [7, 11) is -4.31. The number of rotatable bonds is 5. The van der Waals surface area contributed by atoms with E-state index in [0.717, 1.165) is 6.42 Å². The van der Waals surface area contributed by atoms with Crippen LogP contribution in [0.5, 0.6) is 0 Å². The summed E-state index contributed by atoms with van der Waals surface area (Å²) in [6.07, 6.45) is 1.21. The van der Waals surface area contributed by atoms with Gasteiger partial charge in [-0.3, -0.25) is 4.52 Å². The first-order valence-electron chi connectivity index (χ1n) is 4.10. The Bertz CT molecular complexity index is 163. The fourth-order valence-electron chi connectivity index (χ4n) is 0.969. The van der Waals surface area contributed by atoms with E-state index >= 15 is 0 Å². The van der Waals surface area contributed by atoms with Crippen LogP contribution >= 0.6 is 7.82 Å². The molecule has 5 heteroatoms. The lowest BCUT2D eigenvalue weighted by Crippen LogP contribution is -2.18. The quantitative estimate of drug-likeness (QED) is 0.659. The Hall–Kier alpha value is 0.110. The van der Waals surface area contributed by atoms with Crippen molar-refractivity contribution in [2.75, 3.05) is 0 Å². The molecule has 0 aliphatic rings. The fourth-order valence-corrected chi connectivity index (χ4v) is 1.67. The molecule has 0 fully saturated rings. The van der Waals surface area contributed by atoms with Gasteiger partial charge in [0.2, 0.25) is 0 Å². The summed E-state index contributed by atoms with van der Waals surface area (Å²) in [6, 6.07) is 0. The summed E-state index contributed by atoms with van der Waals surface area (Å²) in [5.41, 5.74) is 0. The maximum absolute atomic E-state index is 10.5. The zero-order valence-corrected chi connectivity index (χ0v) is 8.62. The predicted molar refractivity (Wildman–Crippen MR) is 46.7 cm³/mol. The lowest BCUT2D eigenvalue weighted by Gasteiger charge is -2.20. The van der Waals surface area contributed by atoms with E-state index in [1.807, 2.05) is 20.8 Å². The lowest BCUT2D eigenvalue weighted by atomic mass is 10.0. The number of phosphoric acid groups is 1. The molecule has 74 valence electrons. The summed E-state index contributed by atoms with van der Waals surface area (Å²) >= 11 is 0. The van der Waals surface area contributed by atoms with Gasteiger partial charge in [0.15, 0.2) is 0 Å². The van der Waals surface area contributed by atoms with Gasteiger partial charge in [0.05, 0.1) is 6.10 Å². The number of hydrogen-bond acceptors (Lipinski definition) is 2. The molecular weight excluding hydrogens is 179 g/mol. The minimum atomic E-state index is -4.31. The maximum Gasteiger partial charge on any atom is 0.469 e. The van der Waals surface area contributed by atoms with E-state index in [4.69, 9.17) is 9.79 Å². The SMILES string of the molecule is CCCC(OP(=O)(O)O)C(C)C. The van der Waals surface area contributed by atoms with Crippen LogP contribution in [0.3, 0.4) is 0 Å². The van der Waals surface area contributed by atoms with Gasteiger partial charge in [-0.15, -0.1) is 0 Å². The van der Waals surface area contributed by atoms with E-state index in [1.54, 1.807) is 0 Å². The molecule has 2 N–H and O–H groups in total. The van der Waals surface area contributed by atoms with E-state index in [2.05, 4.69) is 4.52 Å². The van der Waals surface area contributed by atoms with Gasteiger partial charge in [0.1, 0.15) is 0 Å². The van der Waals surface area contributed by atoms with Crippen LogP contribution in [0.4, 0.5) is 0 Å². The second-order valence-electron chi connectivity index (χ2n) is 3.17. The highest BCUT2D eigenvalue weighted by Gasteiger charge is 2.23. The van der Waals surface area contributed by atoms with Crippen LogP contribution in [0.25, 0.3) is 0 Å². The molecule has 12 heavy (non-hydrogen) atoms. The van der Waals surface area contributed by atoms with Gasteiger partial charge in [0, 0.05) is 0 Å². The Morgan fingerprint density at radius 1 is 1.42 bits per heavy atom. The molecule has 0 bridgehead atoms. The Morgan fingerprint density at radius 2 is 1.92 bits per heavy atom. The molecule has 4 nitrogen and oxygen atoms in total. The van der Waals surface area contributed by atoms with Crippen molar-refractivity contribution in [3.63, 3.8) is 0 Å². The van der Waals surface area contributed by atoms with Crippen LogP contribution in [-0.4, -0.2) is 15.9 Å². The minimum absolute atomic E-state index is 0.137. The molecular formula is C7H17O4P. The molecule has 0 aromatic carbocycles. The first-order valence-corrected chi connectivity index (χ1v) is 5.63. The van der Waals surface area contributed by atoms with Crippen LogP contribution < -0.4 is 0 Å². The standard InChI is InChI=1S/C7H17O4P/c1-4-5-7(6(2)3)11-12(8,9)10/h6-7H,4-5H2,1-3H3,(H2,8,9,10). The highest BCUT2D eigenvalue weighted by atomic mass is 31.2. The van der Waals surface area contributed by atoms with Crippen molar-refractivity contribution in [2.24, 2.45) is 5.92 Å². The van der Waals surface area contributed by atoms with Crippen molar-refractivity contribution in [3.05, 3.63) is 0 Å². The van der Waals surface area contributed by atoms with E-state index in [9.17, 15) is 4.57 Å². The molecule has 0 aromatic rings.